The van der Waals surface area contributed by atoms with Crippen LogP contribution >= 0.6 is 15.2 Å². The van der Waals surface area contributed by atoms with Gasteiger partial charge in [0.1, 0.15) is 12.1 Å². The Balaban J connectivity index is 1.65. The zero-order valence-corrected chi connectivity index (χ0v) is 35.2. The summed E-state index contributed by atoms with van der Waals surface area (Å²) >= 11 is 0. The minimum atomic E-state index is -5.00. The number of carbonyl (C=O) groups excluding carboxylic acids is 3. The predicted octanol–water partition coefficient (Wildman–Crippen LogP) is 8.36. The highest BCUT2D eigenvalue weighted by molar-refractivity contribution is 7.55. The summed E-state index contributed by atoms with van der Waals surface area (Å²) in [5, 5.41) is 11.1. The van der Waals surface area contributed by atoms with Gasteiger partial charge >= 0.3 is 38.4 Å². The van der Waals surface area contributed by atoms with Gasteiger partial charge in [0.2, 0.25) is 11.8 Å². The second kappa shape index (κ2) is 19.3. The fourth-order valence-corrected chi connectivity index (χ4v) is 9.14. The SMILES string of the molecule is CCOP(=O)(OCC)C(F)(F)c1ccc(C[C@H](NC(=O)[C@H](Cc2ccc(C(F)(F)P(=O)(OCC)OCC)cc2)NC(=O)c2cc(C)cc(C3(C(F)(F)F)N=N3)c2)C(N)=O)cc1. The van der Waals surface area contributed by atoms with Crippen molar-refractivity contribution in [1.29, 1.82) is 0 Å². The van der Waals surface area contributed by atoms with E-state index in [4.69, 9.17) is 23.8 Å². The fraction of sp³-hybridized carbons (Fsp3) is 0.447. The van der Waals surface area contributed by atoms with E-state index in [1.165, 1.54) is 40.7 Å². The molecular weight excluding hydrogens is 865 g/mol. The predicted molar refractivity (Wildman–Crippen MR) is 206 cm³/mol. The molecule has 14 nitrogen and oxygen atoms in total. The zero-order chi connectivity index (χ0) is 45.6. The first-order valence-corrected chi connectivity index (χ1v) is 21.8. The summed E-state index contributed by atoms with van der Waals surface area (Å²) in [5.74, 6) is -3.25. The molecule has 4 N–H and O–H groups in total. The van der Waals surface area contributed by atoms with Crippen LogP contribution in [0.15, 0.2) is 77.0 Å². The van der Waals surface area contributed by atoms with Crippen molar-refractivity contribution in [3.05, 3.63) is 106 Å². The summed E-state index contributed by atoms with van der Waals surface area (Å²) in [7, 11) is -9.96. The number of halogens is 7. The number of aryl methyl sites for hydroxylation is 1. The van der Waals surface area contributed by atoms with Crippen molar-refractivity contribution >= 4 is 32.9 Å². The summed E-state index contributed by atoms with van der Waals surface area (Å²) in [4.78, 5) is 40.2. The van der Waals surface area contributed by atoms with E-state index >= 15 is 17.6 Å². The largest absolute Gasteiger partial charge is 0.442 e. The molecule has 0 spiro atoms. The van der Waals surface area contributed by atoms with E-state index in [1.54, 1.807) is 0 Å². The topological polar surface area (TPSA) is 197 Å². The standard InChI is InChI=1S/C38H44F7N5O9P2/c1-6-56-60(54,57-7-2)36(39,40)27-14-10-24(11-15-27)20-30(32(46)51)47-34(53)31(21-25-12-16-28(17-13-25)37(41,42)61(55,58-8-3)59-9-4)48-33(52)26-18-23(5)19-29(22-26)35(49-50-35)38(43,44)45/h10-19,22,30-31H,6-9,20-21H2,1-5H3,(H2,46,51)(H,47,53)(H,48,52)/t30-,31-/m0/s1. The van der Waals surface area contributed by atoms with Gasteiger partial charge in [-0.3, -0.25) is 23.5 Å². The molecule has 4 rings (SSSR count). The zero-order valence-electron chi connectivity index (χ0n) is 33.4. The lowest BCUT2D eigenvalue weighted by molar-refractivity contribution is -0.166. The van der Waals surface area contributed by atoms with Crippen LogP contribution < -0.4 is 16.4 Å². The number of hydrogen-bond acceptors (Lipinski definition) is 11. The Kier molecular flexibility index (Phi) is 15.5. The molecule has 2 atom stereocenters. The lowest BCUT2D eigenvalue weighted by Crippen LogP contribution is -2.54. The van der Waals surface area contributed by atoms with Gasteiger partial charge in [0.05, 0.1) is 26.4 Å². The first-order valence-electron chi connectivity index (χ1n) is 18.7. The van der Waals surface area contributed by atoms with E-state index < -0.39 is 91.3 Å². The normalized spacial score (nSPS) is 15.2. The van der Waals surface area contributed by atoms with Gasteiger partial charge < -0.3 is 34.5 Å². The first kappa shape index (κ1) is 49.1. The van der Waals surface area contributed by atoms with Crippen molar-refractivity contribution in [3.8, 4) is 0 Å². The van der Waals surface area contributed by atoms with Crippen LogP contribution in [0, 0.1) is 6.92 Å². The molecule has 61 heavy (non-hydrogen) atoms. The van der Waals surface area contributed by atoms with Gasteiger partial charge in [-0.25, -0.2) is 0 Å². The summed E-state index contributed by atoms with van der Waals surface area (Å²) in [6, 6.07) is 8.21. The van der Waals surface area contributed by atoms with Gasteiger partial charge in [-0.15, -0.1) is 10.2 Å². The van der Waals surface area contributed by atoms with Gasteiger partial charge in [0, 0.05) is 35.1 Å². The number of nitrogens with one attached hydrogen (secondary N) is 2. The number of nitrogens with zero attached hydrogens (tertiary/aromatic N) is 2. The van der Waals surface area contributed by atoms with Crippen LogP contribution in [0.2, 0.25) is 0 Å². The Morgan fingerprint density at radius 1 is 0.672 bits per heavy atom. The summed E-state index contributed by atoms with van der Waals surface area (Å²) in [5.41, 5.74) is -7.30. The Labute approximate surface area is 346 Å². The van der Waals surface area contributed by atoms with Crippen LogP contribution in [-0.4, -0.2) is 62.4 Å². The molecule has 0 bridgehead atoms. The summed E-state index contributed by atoms with van der Waals surface area (Å²) < 4.78 is 148. The quantitative estimate of drug-likeness (QED) is 0.0655. The van der Waals surface area contributed by atoms with Crippen molar-refractivity contribution in [1.82, 2.24) is 10.6 Å². The molecule has 1 aliphatic heterocycles. The summed E-state index contributed by atoms with van der Waals surface area (Å²) in [6.45, 7) is 5.44. The molecule has 0 saturated carbocycles. The van der Waals surface area contributed by atoms with Crippen molar-refractivity contribution in [2.24, 2.45) is 16.0 Å². The third kappa shape index (κ3) is 10.8. The Morgan fingerprint density at radius 3 is 1.44 bits per heavy atom. The maximum atomic E-state index is 15.5. The maximum Gasteiger partial charge on any atom is 0.442 e. The Hall–Kier alpha value is -4.52. The molecule has 0 saturated heterocycles. The fourth-order valence-electron chi connectivity index (χ4n) is 6.05. The first-order chi connectivity index (χ1) is 28.4. The second-order valence-corrected chi connectivity index (χ2v) is 17.6. The number of rotatable bonds is 22. The number of amides is 3. The van der Waals surface area contributed by atoms with E-state index in [0.717, 1.165) is 60.7 Å². The van der Waals surface area contributed by atoms with Gasteiger partial charge in [-0.05, 0) is 63.4 Å². The van der Waals surface area contributed by atoms with Gasteiger partial charge in [-0.1, -0.05) is 54.6 Å². The van der Waals surface area contributed by atoms with E-state index in [9.17, 15) is 36.7 Å². The minimum Gasteiger partial charge on any atom is -0.368 e. The van der Waals surface area contributed by atoms with Crippen LogP contribution in [0.3, 0.4) is 0 Å². The second-order valence-electron chi connectivity index (χ2n) is 13.5. The molecule has 1 aliphatic rings. The lowest BCUT2D eigenvalue weighted by Gasteiger charge is -2.26. The van der Waals surface area contributed by atoms with Crippen molar-refractivity contribution in [2.75, 3.05) is 26.4 Å². The highest BCUT2D eigenvalue weighted by atomic mass is 31.2. The molecule has 3 aromatic rings. The molecule has 334 valence electrons. The number of benzene rings is 3. The van der Waals surface area contributed by atoms with Crippen LogP contribution in [0.5, 0.6) is 0 Å². The molecule has 0 unspecified atom stereocenters. The Bertz CT molecular complexity index is 2170. The summed E-state index contributed by atoms with van der Waals surface area (Å²) in [6.07, 6.45) is -5.79. The highest BCUT2D eigenvalue weighted by Gasteiger charge is 2.65. The van der Waals surface area contributed by atoms with Crippen molar-refractivity contribution < 1.29 is 72.3 Å². The van der Waals surface area contributed by atoms with E-state index in [2.05, 4.69) is 20.9 Å². The van der Waals surface area contributed by atoms with Gasteiger partial charge in [0.15, 0.2) is 0 Å². The lowest BCUT2D eigenvalue weighted by atomic mass is 9.97. The smallest absolute Gasteiger partial charge is 0.368 e. The molecule has 0 aliphatic carbocycles. The van der Waals surface area contributed by atoms with Crippen molar-refractivity contribution in [3.63, 3.8) is 0 Å². The molecule has 23 heteroatoms. The molecule has 3 amide bonds. The van der Waals surface area contributed by atoms with Crippen molar-refractivity contribution in [2.45, 2.75) is 82.7 Å². The number of hydrogen-bond donors (Lipinski definition) is 3. The number of nitrogens with two attached hydrogens (primary N) is 1. The highest BCUT2D eigenvalue weighted by Crippen LogP contribution is 2.67. The Morgan fingerprint density at radius 2 is 1.08 bits per heavy atom. The number of carbonyl (C=O) groups is 3. The van der Waals surface area contributed by atoms with E-state index in [1.807, 2.05) is 0 Å². The minimum absolute atomic E-state index is 0.128. The van der Waals surface area contributed by atoms with Crippen LogP contribution in [0.25, 0.3) is 0 Å². The molecule has 0 fully saturated rings. The average molecular weight is 910 g/mol. The average Bonchev–Trinajstić information content (AvgIpc) is 4.01. The molecule has 1 heterocycles. The maximum absolute atomic E-state index is 15.5. The molecule has 0 radical (unpaired) electrons. The monoisotopic (exact) mass is 909 g/mol. The van der Waals surface area contributed by atoms with Gasteiger partial charge in [-0.2, -0.15) is 30.7 Å². The number of primary amides is 1. The van der Waals surface area contributed by atoms with E-state index in [-0.39, 0.29) is 55.1 Å². The van der Waals surface area contributed by atoms with Crippen LogP contribution in [0.1, 0.15) is 71.4 Å². The third-order valence-electron chi connectivity index (χ3n) is 9.09. The molecule has 3 aromatic carbocycles. The number of alkyl halides is 7. The molecule has 0 aromatic heterocycles. The van der Waals surface area contributed by atoms with Crippen LogP contribution in [0.4, 0.5) is 30.7 Å². The van der Waals surface area contributed by atoms with Gasteiger partial charge in [0.25, 0.3) is 5.91 Å². The van der Waals surface area contributed by atoms with Crippen LogP contribution in [-0.2, 0) is 66.6 Å². The van der Waals surface area contributed by atoms with E-state index in [0.29, 0.717) is 0 Å². The molecular formula is C38H44F7N5O9P2. The third-order valence-corrected chi connectivity index (χ3v) is 13.4.